The number of nitrogens with one attached hydrogen (secondary N) is 1. The van der Waals surface area contributed by atoms with E-state index >= 15 is 0 Å². The quantitative estimate of drug-likeness (QED) is 0.436. The fraction of sp³-hybridized carbons (Fsp3) is 0.391. The molecule has 1 unspecified atom stereocenters. The Labute approximate surface area is 190 Å². The number of nitrogens with zero attached hydrogens (tertiary/aromatic N) is 2. The van der Waals surface area contributed by atoms with Gasteiger partial charge in [-0.3, -0.25) is 4.79 Å². The van der Waals surface area contributed by atoms with Gasteiger partial charge in [0.25, 0.3) is 0 Å². The zero-order valence-corrected chi connectivity index (χ0v) is 18.8. The lowest BCUT2D eigenvalue weighted by Gasteiger charge is -2.15. The average molecular weight is 460 g/mol. The summed E-state index contributed by atoms with van der Waals surface area (Å²) in [7, 11) is 0. The van der Waals surface area contributed by atoms with Crippen LogP contribution in [-0.4, -0.2) is 48.8 Å². The van der Waals surface area contributed by atoms with Gasteiger partial charge in [-0.25, -0.2) is 4.98 Å². The van der Waals surface area contributed by atoms with E-state index in [1.54, 1.807) is 23.5 Å². The summed E-state index contributed by atoms with van der Waals surface area (Å²) in [5, 5.41) is 14.2. The molecule has 1 aliphatic heterocycles. The predicted molar refractivity (Wildman–Crippen MR) is 126 cm³/mol. The summed E-state index contributed by atoms with van der Waals surface area (Å²) >= 11 is 7.81. The molecule has 0 amide bonds. The number of carbonyl (C=O) groups is 1. The van der Waals surface area contributed by atoms with Gasteiger partial charge >= 0.3 is 5.97 Å². The zero-order valence-electron chi connectivity index (χ0n) is 17.2. The highest BCUT2D eigenvalue weighted by molar-refractivity contribution is 7.22. The van der Waals surface area contributed by atoms with Crippen LogP contribution in [0, 0.1) is 5.92 Å². The lowest BCUT2D eigenvalue weighted by atomic mass is 10.1. The summed E-state index contributed by atoms with van der Waals surface area (Å²) < 4.78 is 6.87. The fourth-order valence-electron chi connectivity index (χ4n) is 3.86. The van der Waals surface area contributed by atoms with Crippen molar-refractivity contribution in [1.82, 2.24) is 10.3 Å². The second-order valence-corrected chi connectivity index (χ2v) is 9.26. The molecule has 164 valence electrons. The molecule has 1 aliphatic rings. The summed E-state index contributed by atoms with van der Waals surface area (Å²) in [5.41, 5.74) is 1.77. The van der Waals surface area contributed by atoms with Crippen LogP contribution in [0.4, 0.5) is 5.13 Å². The van der Waals surface area contributed by atoms with Crippen molar-refractivity contribution in [3.05, 3.63) is 53.1 Å². The molecule has 3 aromatic rings. The van der Waals surface area contributed by atoms with Crippen molar-refractivity contribution in [3.63, 3.8) is 0 Å². The van der Waals surface area contributed by atoms with Crippen LogP contribution < -0.4 is 15.0 Å². The highest BCUT2D eigenvalue weighted by Crippen LogP contribution is 2.33. The number of carboxylic acid groups (broad SMARTS) is 1. The van der Waals surface area contributed by atoms with E-state index in [2.05, 4.69) is 10.2 Å². The number of fused-ring (bicyclic) bond motifs is 1. The number of hydrogen-bond donors (Lipinski definition) is 2. The monoisotopic (exact) mass is 459 g/mol. The minimum Gasteiger partial charge on any atom is -0.492 e. The molecule has 2 heterocycles. The van der Waals surface area contributed by atoms with Gasteiger partial charge in [0.05, 0.1) is 16.6 Å². The number of thiazole rings is 1. The maximum absolute atomic E-state index is 10.8. The number of anilines is 1. The molecule has 2 N–H and O–H groups in total. The Morgan fingerprint density at radius 3 is 3.06 bits per heavy atom. The van der Waals surface area contributed by atoms with Gasteiger partial charge in [-0.05, 0) is 61.2 Å². The first-order chi connectivity index (χ1) is 15.1. The molecule has 1 atom stereocenters. The number of rotatable bonds is 10. The molecule has 0 radical (unpaired) electrons. The molecule has 0 bridgehead atoms. The largest absolute Gasteiger partial charge is 0.492 e. The number of aliphatic carboxylic acids is 1. The van der Waals surface area contributed by atoms with Gasteiger partial charge in [0, 0.05) is 24.7 Å². The first kappa shape index (κ1) is 21.9. The Hall–Kier alpha value is -2.35. The number of hydrogen-bond acceptors (Lipinski definition) is 6. The SMILES string of the molecule is O=C(O)Cc1cccc(OCCNCCC2CCN(c3nc4ccc(Cl)cc4s3)C2)c1. The van der Waals surface area contributed by atoms with Gasteiger partial charge in [0.2, 0.25) is 0 Å². The van der Waals surface area contributed by atoms with Gasteiger partial charge < -0.3 is 20.1 Å². The number of halogens is 1. The number of aromatic nitrogens is 1. The molecular weight excluding hydrogens is 434 g/mol. The first-order valence-electron chi connectivity index (χ1n) is 10.5. The highest BCUT2D eigenvalue weighted by atomic mass is 35.5. The third kappa shape index (κ3) is 6.09. The standard InChI is InChI=1S/C23H26ClN3O3S/c24-18-4-5-20-21(14-18)31-23(26-20)27-10-7-16(15-27)6-8-25-9-11-30-19-3-1-2-17(12-19)13-22(28)29/h1-5,12,14,16,25H,6-11,13,15H2,(H,28,29). The molecule has 0 saturated carbocycles. The predicted octanol–water partition coefficient (Wildman–Crippen LogP) is 4.46. The smallest absolute Gasteiger partial charge is 0.307 e. The van der Waals surface area contributed by atoms with Crippen LogP contribution in [0.1, 0.15) is 18.4 Å². The molecule has 2 aromatic carbocycles. The molecule has 0 spiro atoms. The lowest BCUT2D eigenvalue weighted by Crippen LogP contribution is -2.25. The van der Waals surface area contributed by atoms with Crippen LogP contribution in [0.2, 0.25) is 5.02 Å². The Morgan fingerprint density at radius 1 is 1.29 bits per heavy atom. The number of ether oxygens (including phenoxy) is 1. The first-order valence-corrected chi connectivity index (χ1v) is 11.7. The zero-order chi connectivity index (χ0) is 21.6. The van der Waals surface area contributed by atoms with Crippen LogP contribution in [0.5, 0.6) is 5.75 Å². The van der Waals surface area contributed by atoms with E-state index in [4.69, 9.17) is 26.4 Å². The molecule has 8 heteroatoms. The molecule has 1 aromatic heterocycles. The summed E-state index contributed by atoms with van der Waals surface area (Å²) in [6, 6.07) is 13.1. The van der Waals surface area contributed by atoms with E-state index in [0.29, 0.717) is 18.3 Å². The maximum Gasteiger partial charge on any atom is 0.307 e. The Kier molecular flexibility index (Phi) is 7.27. The highest BCUT2D eigenvalue weighted by Gasteiger charge is 2.24. The van der Waals surface area contributed by atoms with E-state index in [-0.39, 0.29) is 6.42 Å². The van der Waals surface area contributed by atoms with Crippen LogP contribution >= 0.6 is 22.9 Å². The fourth-order valence-corrected chi connectivity index (χ4v) is 5.13. The minimum absolute atomic E-state index is 0.0125. The molecule has 4 rings (SSSR count). The van der Waals surface area contributed by atoms with Crippen LogP contribution in [-0.2, 0) is 11.2 Å². The maximum atomic E-state index is 10.8. The third-order valence-electron chi connectivity index (χ3n) is 5.43. The molecule has 0 aliphatic carbocycles. The van der Waals surface area contributed by atoms with Crippen molar-refractivity contribution < 1.29 is 14.6 Å². The Balaban J connectivity index is 1.14. The van der Waals surface area contributed by atoms with Gasteiger partial charge in [-0.15, -0.1) is 0 Å². The average Bonchev–Trinajstić information content (AvgIpc) is 3.37. The number of carboxylic acids is 1. The minimum atomic E-state index is -0.836. The molecule has 6 nitrogen and oxygen atoms in total. The Morgan fingerprint density at radius 2 is 2.19 bits per heavy atom. The second-order valence-electron chi connectivity index (χ2n) is 7.81. The van der Waals surface area contributed by atoms with Crippen molar-refractivity contribution in [2.75, 3.05) is 37.7 Å². The third-order valence-corrected chi connectivity index (χ3v) is 6.74. The lowest BCUT2D eigenvalue weighted by molar-refractivity contribution is -0.136. The van der Waals surface area contributed by atoms with Crippen molar-refractivity contribution in [2.45, 2.75) is 19.3 Å². The van der Waals surface area contributed by atoms with Crippen molar-refractivity contribution in [1.29, 1.82) is 0 Å². The van der Waals surface area contributed by atoms with E-state index in [1.807, 2.05) is 30.3 Å². The van der Waals surface area contributed by atoms with E-state index in [9.17, 15) is 4.79 Å². The summed E-state index contributed by atoms with van der Waals surface area (Å²) in [4.78, 5) is 18.0. The van der Waals surface area contributed by atoms with Gasteiger partial charge in [-0.1, -0.05) is 35.1 Å². The van der Waals surface area contributed by atoms with Gasteiger partial charge in [0.15, 0.2) is 5.13 Å². The molecule has 31 heavy (non-hydrogen) atoms. The second kappa shape index (κ2) is 10.3. The topological polar surface area (TPSA) is 74.7 Å². The van der Waals surface area contributed by atoms with Gasteiger partial charge in [0.1, 0.15) is 12.4 Å². The Bertz CT molecular complexity index is 1040. The summed E-state index contributed by atoms with van der Waals surface area (Å²) in [5.74, 6) is 0.539. The normalized spacial score (nSPS) is 16.2. The van der Waals surface area contributed by atoms with E-state index in [0.717, 1.165) is 58.5 Å². The number of benzene rings is 2. The van der Waals surface area contributed by atoms with Crippen molar-refractivity contribution >= 4 is 44.3 Å². The van der Waals surface area contributed by atoms with E-state index < -0.39 is 5.97 Å². The van der Waals surface area contributed by atoms with Crippen molar-refractivity contribution in [3.8, 4) is 5.75 Å². The van der Waals surface area contributed by atoms with E-state index in [1.165, 1.54) is 6.42 Å². The van der Waals surface area contributed by atoms with Crippen LogP contribution in [0.15, 0.2) is 42.5 Å². The molecule has 1 fully saturated rings. The molecular formula is C23H26ClN3O3S. The van der Waals surface area contributed by atoms with Crippen LogP contribution in [0.3, 0.4) is 0 Å². The van der Waals surface area contributed by atoms with Gasteiger partial charge in [-0.2, -0.15) is 0 Å². The summed E-state index contributed by atoms with van der Waals surface area (Å²) in [6.07, 6.45) is 2.32. The van der Waals surface area contributed by atoms with Crippen molar-refractivity contribution in [2.24, 2.45) is 5.92 Å². The summed E-state index contributed by atoms with van der Waals surface area (Å²) in [6.45, 7) is 4.37. The molecule has 1 saturated heterocycles. The van der Waals surface area contributed by atoms with Crippen LogP contribution in [0.25, 0.3) is 10.2 Å².